The van der Waals surface area contributed by atoms with Crippen LogP contribution in [-0.4, -0.2) is 74.8 Å². The van der Waals surface area contributed by atoms with Crippen molar-refractivity contribution in [3.05, 3.63) is 107 Å². The number of halogens is 1. The third-order valence-electron chi connectivity index (χ3n) is 7.94. The third-order valence-corrected chi connectivity index (χ3v) is 8.11. The lowest BCUT2D eigenvalue weighted by Crippen LogP contribution is -2.39. The summed E-state index contributed by atoms with van der Waals surface area (Å²) in [5.74, 6) is 1.10. The average molecular weight is 646 g/mol. The largest absolute Gasteiger partial charge is 0.497 e. The van der Waals surface area contributed by atoms with Crippen LogP contribution in [0.2, 0.25) is 5.28 Å². The van der Waals surface area contributed by atoms with Gasteiger partial charge in [-0.1, -0.05) is 54.6 Å². The lowest BCUT2D eigenvalue weighted by atomic mass is 9.80. The van der Waals surface area contributed by atoms with Gasteiger partial charge in [0.05, 0.1) is 27.2 Å². The molecule has 5 aromatic rings. The van der Waals surface area contributed by atoms with Crippen LogP contribution in [0.4, 0.5) is 5.82 Å². The summed E-state index contributed by atoms with van der Waals surface area (Å²) in [5.41, 5.74) is 1.70. The number of ether oxygens (including phenoxy) is 4. The lowest BCUT2D eigenvalue weighted by Gasteiger charge is -2.37. The van der Waals surface area contributed by atoms with Gasteiger partial charge in [-0.2, -0.15) is 9.97 Å². The maximum absolute atomic E-state index is 11.7. The summed E-state index contributed by atoms with van der Waals surface area (Å²) in [6.07, 6.45) is -3.40. The minimum absolute atomic E-state index is 0.112. The van der Waals surface area contributed by atoms with Gasteiger partial charge in [0.1, 0.15) is 35.4 Å². The second-order valence-electron chi connectivity index (χ2n) is 10.7. The molecule has 1 fully saturated rings. The number of hydrogen-bond donors (Lipinski definition) is 3. The number of hydrogen-bond acceptors (Lipinski definition) is 10. The highest BCUT2D eigenvalue weighted by Gasteiger charge is 2.47. The second-order valence-corrected chi connectivity index (χ2v) is 11.0. The van der Waals surface area contributed by atoms with Crippen molar-refractivity contribution in [2.45, 2.75) is 37.1 Å². The fourth-order valence-corrected chi connectivity index (χ4v) is 5.87. The van der Waals surface area contributed by atoms with Gasteiger partial charge in [0.15, 0.2) is 23.2 Å². The van der Waals surface area contributed by atoms with Crippen molar-refractivity contribution in [3.63, 3.8) is 0 Å². The molecule has 1 aliphatic rings. The van der Waals surface area contributed by atoms with Gasteiger partial charge in [0.2, 0.25) is 11.2 Å². The second kappa shape index (κ2) is 13.0. The van der Waals surface area contributed by atoms with Crippen molar-refractivity contribution >= 4 is 34.5 Å². The number of carbonyl (C=O) groups is 1. The van der Waals surface area contributed by atoms with E-state index in [0.717, 1.165) is 16.7 Å². The first-order valence-electron chi connectivity index (χ1n) is 14.4. The van der Waals surface area contributed by atoms with E-state index in [9.17, 15) is 15.0 Å². The van der Waals surface area contributed by atoms with Gasteiger partial charge >= 0.3 is 0 Å². The summed E-state index contributed by atoms with van der Waals surface area (Å²) >= 11 is 6.15. The topological polar surface area (TPSA) is 150 Å². The molecule has 3 aromatic carbocycles. The Hall–Kier alpha value is -4.59. The van der Waals surface area contributed by atoms with E-state index >= 15 is 0 Å². The molecule has 1 aliphatic heterocycles. The number of methoxy groups -OCH3 is 2. The molecule has 3 N–H and O–H groups in total. The van der Waals surface area contributed by atoms with Gasteiger partial charge in [-0.25, -0.2) is 4.98 Å². The average Bonchev–Trinajstić information content (AvgIpc) is 3.62. The molecular formula is C33H32ClN5O7. The normalized spacial score (nSPS) is 19.7. The summed E-state index contributed by atoms with van der Waals surface area (Å²) in [6, 6.07) is 24.8. The third kappa shape index (κ3) is 5.77. The molecule has 2 aromatic heterocycles. The fraction of sp³-hybridized carbons (Fsp3) is 0.273. The van der Waals surface area contributed by atoms with Gasteiger partial charge in [-0.05, 0) is 52.6 Å². The Kier molecular flexibility index (Phi) is 8.89. The smallest absolute Gasteiger partial charge is 0.226 e. The molecule has 0 radical (unpaired) electrons. The molecule has 0 aliphatic carbocycles. The van der Waals surface area contributed by atoms with E-state index in [1.54, 1.807) is 14.2 Å². The summed E-state index contributed by atoms with van der Waals surface area (Å²) < 4.78 is 25.4. The van der Waals surface area contributed by atoms with Crippen molar-refractivity contribution in [1.82, 2.24) is 19.5 Å². The Morgan fingerprint density at radius 2 is 1.50 bits per heavy atom. The number of carbonyl (C=O) groups excluding carboxylic acids is 1. The minimum Gasteiger partial charge on any atom is -0.497 e. The Balaban J connectivity index is 1.37. The first-order valence-corrected chi connectivity index (χ1v) is 14.8. The number of aliphatic hydroxyl groups excluding tert-OH is 2. The van der Waals surface area contributed by atoms with Gasteiger partial charge in [0, 0.05) is 6.92 Å². The Bertz CT molecular complexity index is 1770. The summed E-state index contributed by atoms with van der Waals surface area (Å²) in [5, 5.41) is 24.9. The van der Waals surface area contributed by atoms with E-state index in [4.69, 9.17) is 30.5 Å². The molecule has 3 heterocycles. The first-order chi connectivity index (χ1) is 22.2. The van der Waals surface area contributed by atoms with Crippen molar-refractivity contribution < 1.29 is 34.0 Å². The molecule has 1 amide bonds. The van der Waals surface area contributed by atoms with E-state index in [2.05, 4.69) is 20.3 Å². The zero-order valence-corrected chi connectivity index (χ0v) is 26.0. The number of imidazole rings is 1. The monoisotopic (exact) mass is 645 g/mol. The summed E-state index contributed by atoms with van der Waals surface area (Å²) in [7, 11) is 3.20. The quantitative estimate of drug-likeness (QED) is 0.150. The van der Waals surface area contributed by atoms with Crippen LogP contribution < -0.4 is 14.8 Å². The standard InChI is InChI=1S/C33H32ClN5O7/c1-19(40)36-29-26-30(38-32(34)37-29)39(18-35-26)31-28(42)27(41)25(46-31)17-45-33(20-7-5-4-6-8-20,21-9-13-23(43-2)14-10-21)22-11-15-24(44-3)16-12-22/h4-16,18,25,27-28,31,41-42H,17H2,1-3H3,(H,36,37,38,40)/t25-,27-,28-,31-/m1/s1. The van der Waals surface area contributed by atoms with Crippen LogP contribution in [0.25, 0.3) is 11.2 Å². The molecule has 0 spiro atoms. The van der Waals surface area contributed by atoms with Crippen LogP contribution in [0, 0.1) is 0 Å². The predicted octanol–water partition coefficient (Wildman–Crippen LogP) is 4.08. The molecule has 6 rings (SSSR count). The number of rotatable bonds is 10. The summed E-state index contributed by atoms with van der Waals surface area (Å²) in [4.78, 5) is 24.3. The van der Waals surface area contributed by atoms with E-state index in [1.165, 1.54) is 17.8 Å². The van der Waals surface area contributed by atoms with E-state index in [-0.39, 0.29) is 34.8 Å². The molecule has 1 saturated heterocycles. The SMILES string of the molecule is COc1ccc(C(OC[C@H]2O[C@@H](n3cnc4c(NC(C)=O)nc(Cl)nc43)[C@H](O)[C@@H]2O)(c2ccccc2)c2ccc(OC)cc2)cc1. The molecule has 46 heavy (non-hydrogen) atoms. The van der Waals surface area contributed by atoms with E-state index < -0.39 is 30.1 Å². The number of aliphatic hydroxyl groups is 2. The Morgan fingerprint density at radius 3 is 2.07 bits per heavy atom. The first kappa shape index (κ1) is 31.4. The molecule has 4 atom stereocenters. The van der Waals surface area contributed by atoms with E-state index in [0.29, 0.717) is 11.5 Å². The highest BCUT2D eigenvalue weighted by Crippen LogP contribution is 2.43. The number of fused-ring (bicyclic) bond motifs is 1. The predicted molar refractivity (Wildman–Crippen MR) is 169 cm³/mol. The Morgan fingerprint density at radius 1 is 0.913 bits per heavy atom. The maximum Gasteiger partial charge on any atom is 0.226 e. The molecular weight excluding hydrogens is 614 g/mol. The van der Waals surface area contributed by atoms with Crippen molar-refractivity contribution in [1.29, 1.82) is 0 Å². The number of amides is 1. The van der Waals surface area contributed by atoms with Gasteiger partial charge < -0.3 is 34.5 Å². The zero-order chi connectivity index (χ0) is 32.4. The van der Waals surface area contributed by atoms with Crippen LogP contribution >= 0.6 is 11.6 Å². The zero-order valence-electron chi connectivity index (χ0n) is 25.2. The minimum atomic E-state index is -1.38. The van der Waals surface area contributed by atoms with Gasteiger partial charge in [-0.15, -0.1) is 0 Å². The lowest BCUT2D eigenvalue weighted by molar-refractivity contribution is -0.114. The van der Waals surface area contributed by atoms with Gasteiger partial charge in [0.25, 0.3) is 0 Å². The fourth-order valence-electron chi connectivity index (χ4n) is 5.71. The maximum atomic E-state index is 11.7. The molecule has 13 heteroatoms. The van der Waals surface area contributed by atoms with Crippen molar-refractivity contribution in [3.8, 4) is 11.5 Å². The number of nitrogens with one attached hydrogen (secondary N) is 1. The van der Waals surface area contributed by atoms with Crippen LogP contribution in [0.15, 0.2) is 85.2 Å². The highest BCUT2D eigenvalue weighted by atomic mass is 35.5. The number of benzene rings is 3. The molecule has 0 bridgehead atoms. The summed E-state index contributed by atoms with van der Waals surface area (Å²) in [6.45, 7) is 1.21. The number of anilines is 1. The molecule has 0 saturated carbocycles. The number of nitrogens with zero attached hydrogens (tertiary/aromatic N) is 4. The van der Waals surface area contributed by atoms with Gasteiger partial charge in [-0.3, -0.25) is 9.36 Å². The Labute approximate surface area is 269 Å². The van der Waals surface area contributed by atoms with Crippen LogP contribution in [0.1, 0.15) is 29.8 Å². The highest BCUT2D eigenvalue weighted by molar-refractivity contribution is 6.28. The van der Waals surface area contributed by atoms with Crippen LogP contribution in [0.5, 0.6) is 11.5 Å². The van der Waals surface area contributed by atoms with Crippen LogP contribution in [0.3, 0.4) is 0 Å². The number of aromatic nitrogens is 4. The molecule has 12 nitrogen and oxygen atoms in total. The molecule has 238 valence electrons. The van der Waals surface area contributed by atoms with Crippen molar-refractivity contribution in [2.24, 2.45) is 0 Å². The molecule has 0 unspecified atom stereocenters. The van der Waals surface area contributed by atoms with E-state index in [1.807, 2.05) is 78.9 Å². The van der Waals surface area contributed by atoms with Crippen molar-refractivity contribution in [2.75, 3.05) is 26.1 Å². The van der Waals surface area contributed by atoms with Crippen LogP contribution in [-0.2, 0) is 19.9 Å².